The first-order valence-corrected chi connectivity index (χ1v) is 23.9. The molecule has 12 aromatic rings. The van der Waals surface area contributed by atoms with Crippen LogP contribution in [0.1, 0.15) is 36.1 Å². The topological polar surface area (TPSA) is 45.8 Å². The van der Waals surface area contributed by atoms with E-state index in [2.05, 4.69) is 199 Å². The third kappa shape index (κ3) is 6.81. The van der Waals surface area contributed by atoms with Gasteiger partial charge in [0.05, 0.1) is 22.2 Å². The normalized spacial score (nSPS) is 13.3. The van der Waals surface area contributed by atoms with Crippen molar-refractivity contribution in [3.8, 4) is 22.5 Å². The van der Waals surface area contributed by atoms with Crippen LogP contribution in [0.25, 0.3) is 118 Å². The summed E-state index contributed by atoms with van der Waals surface area (Å²) in [6, 6.07) is 60.1. The second-order valence-electron chi connectivity index (χ2n) is 18.1. The van der Waals surface area contributed by atoms with Gasteiger partial charge >= 0.3 is 0 Å². The van der Waals surface area contributed by atoms with Gasteiger partial charge in [0.2, 0.25) is 0 Å². The molecule has 2 aromatic heterocycles. The molecule has 0 N–H and O–H groups in total. The van der Waals surface area contributed by atoms with E-state index in [9.17, 15) is 0 Å². The Morgan fingerprint density at radius 2 is 1.19 bits per heavy atom. The predicted molar refractivity (Wildman–Crippen MR) is 299 cm³/mol. The molecule has 13 rings (SSSR count). The van der Waals surface area contributed by atoms with Crippen molar-refractivity contribution in [3.05, 3.63) is 227 Å². The Morgan fingerprint density at radius 3 is 1.93 bits per heavy atom. The van der Waals surface area contributed by atoms with Gasteiger partial charge in [-0.3, -0.25) is 4.40 Å². The molecule has 0 saturated carbocycles. The summed E-state index contributed by atoms with van der Waals surface area (Å²) in [6.45, 7) is 14.8. The number of allylic oxidation sites excluding steroid dienone is 3. The highest BCUT2D eigenvalue weighted by Gasteiger charge is 2.23. The number of aliphatic imine (C=N–C) groups is 1. The Hall–Kier alpha value is -8.93. The number of fused-ring (bicyclic) bond motifs is 9. The molecule has 1 aliphatic rings. The molecule has 334 valence electrons. The highest BCUT2D eigenvalue weighted by atomic mass is 15.2. The summed E-state index contributed by atoms with van der Waals surface area (Å²) in [5, 5.41) is 13.3. The van der Waals surface area contributed by atoms with Crippen molar-refractivity contribution >= 4 is 107 Å². The Balaban J connectivity index is 0.000000224. The minimum absolute atomic E-state index is 0.877. The van der Waals surface area contributed by atoms with Crippen molar-refractivity contribution in [2.24, 2.45) is 4.99 Å². The van der Waals surface area contributed by atoms with Crippen LogP contribution >= 0.6 is 0 Å². The number of hydrogen-bond donors (Lipinski definition) is 0. The van der Waals surface area contributed by atoms with Crippen LogP contribution in [0, 0.1) is 6.92 Å². The summed E-state index contributed by atoms with van der Waals surface area (Å²) in [7, 11) is 2.03. The number of hydrogen-bond acceptors (Lipinski definition) is 4. The molecule has 0 unspecified atom stereocenters. The van der Waals surface area contributed by atoms with Crippen LogP contribution in [-0.4, -0.2) is 32.2 Å². The van der Waals surface area contributed by atoms with E-state index in [1.807, 2.05) is 51.2 Å². The molecule has 0 radical (unpaired) electrons. The molecule has 0 bridgehead atoms. The van der Waals surface area contributed by atoms with E-state index in [0.29, 0.717) is 0 Å². The first-order chi connectivity index (χ1) is 34.3. The maximum absolute atomic E-state index is 5.42. The molecule has 5 nitrogen and oxygen atoms in total. The molecule has 0 aliphatic carbocycles. The minimum Gasteiger partial charge on any atom is -0.329 e. The lowest BCUT2D eigenvalue weighted by atomic mass is 9.93. The van der Waals surface area contributed by atoms with Gasteiger partial charge in [-0.25, -0.2) is 15.0 Å². The van der Waals surface area contributed by atoms with Crippen LogP contribution < -0.4 is 10.4 Å². The SMILES string of the molecule is C=C1c2ccccc2N=C(c2ccc(-c3ccc(-c4nc5ccccc5c5nc6c7cccc8ccc9cccc(c9c87)c6n45)cc3)cc2)N1C.C=c1/c(=C\C=C/C)cc(C)c2cccc(/C=C\C)c12. The van der Waals surface area contributed by atoms with E-state index in [-0.39, 0.29) is 0 Å². The van der Waals surface area contributed by atoms with E-state index in [1.165, 1.54) is 59.4 Å². The summed E-state index contributed by atoms with van der Waals surface area (Å²) < 4.78 is 2.29. The molecule has 0 spiro atoms. The van der Waals surface area contributed by atoms with E-state index in [4.69, 9.17) is 15.0 Å². The van der Waals surface area contributed by atoms with Crippen LogP contribution in [0.5, 0.6) is 0 Å². The molecule has 0 amide bonds. The van der Waals surface area contributed by atoms with Gasteiger partial charge in [0, 0.05) is 45.6 Å². The molecule has 0 saturated heterocycles. The van der Waals surface area contributed by atoms with Crippen molar-refractivity contribution < 1.29 is 0 Å². The number of aromatic nitrogens is 3. The van der Waals surface area contributed by atoms with Crippen molar-refractivity contribution in [1.82, 2.24) is 19.3 Å². The highest BCUT2D eigenvalue weighted by molar-refractivity contribution is 6.33. The average molecular weight is 900 g/mol. The zero-order valence-corrected chi connectivity index (χ0v) is 39.7. The zero-order chi connectivity index (χ0) is 47.6. The largest absolute Gasteiger partial charge is 0.329 e. The summed E-state index contributed by atoms with van der Waals surface area (Å²) in [5.74, 6) is 1.77. The number of para-hydroxylation sites is 2. The fraction of sp³-hybridized carbons (Fsp3) is 0.0615. The molecule has 0 atom stereocenters. The second-order valence-corrected chi connectivity index (χ2v) is 18.1. The summed E-state index contributed by atoms with van der Waals surface area (Å²) in [4.78, 5) is 17.8. The van der Waals surface area contributed by atoms with Crippen LogP contribution in [0.3, 0.4) is 0 Å². The van der Waals surface area contributed by atoms with Gasteiger partial charge in [0.15, 0.2) is 0 Å². The fourth-order valence-electron chi connectivity index (χ4n) is 10.6. The van der Waals surface area contributed by atoms with Crippen molar-refractivity contribution in [3.63, 3.8) is 0 Å². The number of nitrogens with zero attached hydrogens (tertiary/aromatic N) is 5. The highest BCUT2D eigenvalue weighted by Crippen LogP contribution is 2.43. The number of aryl methyl sites for hydroxylation is 1. The maximum Gasteiger partial charge on any atom is 0.149 e. The Labute approximate surface area is 406 Å². The summed E-state index contributed by atoms with van der Waals surface area (Å²) >= 11 is 0. The number of amidine groups is 1. The van der Waals surface area contributed by atoms with Crippen LogP contribution in [0.4, 0.5) is 5.69 Å². The predicted octanol–water partition coefficient (Wildman–Crippen LogP) is 15.2. The first kappa shape index (κ1) is 42.4. The van der Waals surface area contributed by atoms with Crippen molar-refractivity contribution in [1.29, 1.82) is 0 Å². The molecule has 10 aromatic carbocycles. The average Bonchev–Trinajstić information content (AvgIpc) is 3.82. The fourth-order valence-corrected chi connectivity index (χ4v) is 10.6. The first-order valence-electron chi connectivity index (χ1n) is 23.9. The third-order valence-corrected chi connectivity index (χ3v) is 14.0. The monoisotopic (exact) mass is 899 g/mol. The molecular formula is C65H49N5. The lowest BCUT2D eigenvalue weighted by Gasteiger charge is -2.29. The Morgan fingerprint density at radius 1 is 0.557 bits per heavy atom. The van der Waals surface area contributed by atoms with Gasteiger partial charge in [-0.1, -0.05) is 195 Å². The summed E-state index contributed by atoms with van der Waals surface area (Å²) in [5.41, 5.74) is 13.8. The van der Waals surface area contributed by atoms with Crippen LogP contribution in [0.2, 0.25) is 0 Å². The molecule has 3 heterocycles. The lowest BCUT2D eigenvalue weighted by Crippen LogP contribution is -2.28. The van der Waals surface area contributed by atoms with E-state index < -0.39 is 0 Å². The number of imidazole rings is 1. The Bertz CT molecular complexity index is 4300. The molecule has 1 aliphatic heterocycles. The maximum atomic E-state index is 5.42. The van der Waals surface area contributed by atoms with Crippen LogP contribution in [-0.2, 0) is 0 Å². The van der Waals surface area contributed by atoms with E-state index >= 15 is 0 Å². The van der Waals surface area contributed by atoms with Gasteiger partial charge in [-0.05, 0) is 104 Å². The lowest BCUT2D eigenvalue weighted by molar-refractivity contribution is 0.713. The van der Waals surface area contributed by atoms with Crippen molar-refractivity contribution in [2.45, 2.75) is 20.8 Å². The molecule has 5 heteroatoms. The van der Waals surface area contributed by atoms with E-state index in [1.54, 1.807) is 0 Å². The standard InChI is InChI=1S/C46H29N5.C19H20/c1-27-34-11-3-5-15-38(34)47-44(50(27)2)32-23-17-28(18-24-32)29-19-25-33(26-20-29)45-48-39-16-6-4-12-35(39)46-49-42-36-13-7-9-30-21-22-31-10-8-14-37(41(31)40(30)36)43(42)51(45)46;1-5-7-10-17-13-14(3)18-12-8-11-16(9-6-2)19(18)15(17)4/h3-26H,1H2,2H3;5-13H,4H2,1-3H3/b;7-5-,9-6-,17-10-. The number of benzene rings is 10. The summed E-state index contributed by atoms with van der Waals surface area (Å²) in [6.07, 6.45) is 10.5. The van der Waals surface area contributed by atoms with Gasteiger partial charge in [0.1, 0.15) is 17.3 Å². The molecule has 70 heavy (non-hydrogen) atoms. The Kier molecular flexibility index (Phi) is 10.3. The number of rotatable bonds is 5. The second kappa shape index (κ2) is 17.0. The van der Waals surface area contributed by atoms with Gasteiger partial charge in [-0.15, -0.1) is 0 Å². The third-order valence-electron chi connectivity index (χ3n) is 14.0. The van der Waals surface area contributed by atoms with Crippen molar-refractivity contribution in [2.75, 3.05) is 7.05 Å². The molecular weight excluding hydrogens is 851 g/mol. The van der Waals surface area contributed by atoms with Gasteiger partial charge in [0.25, 0.3) is 0 Å². The minimum atomic E-state index is 0.877. The molecule has 0 fully saturated rings. The van der Waals surface area contributed by atoms with Gasteiger partial charge in [-0.2, -0.15) is 0 Å². The van der Waals surface area contributed by atoms with Gasteiger partial charge < -0.3 is 4.90 Å². The quantitative estimate of drug-likeness (QED) is 0.162. The smallest absolute Gasteiger partial charge is 0.149 e. The zero-order valence-electron chi connectivity index (χ0n) is 39.7. The van der Waals surface area contributed by atoms with Crippen LogP contribution in [0.15, 0.2) is 200 Å². The van der Waals surface area contributed by atoms with E-state index in [0.717, 1.165) is 83.7 Å².